The van der Waals surface area contributed by atoms with Gasteiger partial charge in [0.25, 0.3) is 11.4 Å². The molecule has 14 heteroatoms. The SMILES string of the molecule is CCCCCCCCCCCCCCCCCC(=O)Nc1ccc(-c2c3nc(c(-c4ccc(NC(=O)CCCCCCCCCCCCCCCCC)cc4)c4ccc([nH]4)c(-c4ccc([N+](=O)[O-])cc4)c4nc(c(-c5ccc([N+](=O)[O-])cc5)c5ccc2[nH]5)C=C4)C=C3)cc1. The molecule has 3 aromatic heterocycles. The fraction of sp³-hybridized carbons (Fsp3) is 0.425. The van der Waals surface area contributed by atoms with E-state index in [0.29, 0.717) is 80.3 Å². The van der Waals surface area contributed by atoms with Gasteiger partial charge < -0.3 is 20.6 Å². The first kappa shape index (κ1) is 69.6. The number of rotatable bonds is 40. The molecule has 0 saturated heterocycles. The maximum Gasteiger partial charge on any atom is 0.269 e. The predicted octanol–water partition coefficient (Wildman–Crippen LogP) is 23.5. The second kappa shape index (κ2) is 37.2. The molecule has 7 aromatic rings. The van der Waals surface area contributed by atoms with Gasteiger partial charge in [0.05, 0.1) is 32.6 Å². The summed E-state index contributed by atoms with van der Waals surface area (Å²) in [7, 11) is 0. The summed E-state index contributed by atoms with van der Waals surface area (Å²) in [4.78, 5) is 67.9. The molecule has 5 heterocycles. The number of H-pyrrole nitrogens is 2. The van der Waals surface area contributed by atoms with Crippen LogP contribution in [0.3, 0.4) is 0 Å². The van der Waals surface area contributed by atoms with Crippen molar-refractivity contribution >= 4 is 80.9 Å². The second-order valence-corrected chi connectivity index (χ2v) is 25.8. The van der Waals surface area contributed by atoms with Crippen molar-refractivity contribution in [3.05, 3.63) is 164 Å². The molecule has 494 valence electrons. The number of carbonyl (C=O) groups excluding carboxylic acids is 2. The van der Waals surface area contributed by atoms with Crippen molar-refractivity contribution in [2.45, 2.75) is 219 Å². The molecule has 0 atom stereocenters. The number of benzene rings is 4. The summed E-state index contributed by atoms with van der Waals surface area (Å²) < 4.78 is 0. The highest BCUT2D eigenvalue weighted by atomic mass is 16.6. The van der Waals surface area contributed by atoms with E-state index in [2.05, 4.69) is 34.4 Å². The van der Waals surface area contributed by atoms with Crippen LogP contribution >= 0.6 is 0 Å². The van der Waals surface area contributed by atoms with Crippen molar-refractivity contribution in [1.82, 2.24) is 19.9 Å². The lowest BCUT2D eigenvalue weighted by Gasteiger charge is -2.09. The standard InChI is InChI=1S/C80H98N8O6/c1-3-5-7-9-11-13-15-17-19-21-23-25-27-29-31-33-75(89)81-63-43-35-59(36-44-63)77-67-51-52-68(83-67)78(60-37-45-64(46-38-60)82-76(90)34-32-30-28-26-24-22-20-18-16-14-12-10-8-6-4-2)70-54-56-72(85-70)80(62-41-49-66(50-42-62)88(93)94)74-58-57-73(86-74)79(71-55-53-69(77)84-71)61-39-47-65(48-40-61)87(91)92/h35-58,84-85H,3-34H2,1-2H3,(H,81,89)(H,82,90). The van der Waals surface area contributed by atoms with Gasteiger partial charge in [-0.2, -0.15) is 0 Å². The molecule has 0 radical (unpaired) electrons. The predicted molar refractivity (Wildman–Crippen MR) is 390 cm³/mol. The van der Waals surface area contributed by atoms with Crippen LogP contribution in [0.15, 0.2) is 121 Å². The third-order valence-electron chi connectivity index (χ3n) is 18.4. The molecule has 0 aliphatic carbocycles. The number of nitro benzene ring substituents is 2. The lowest BCUT2D eigenvalue weighted by molar-refractivity contribution is -0.385. The smallest absolute Gasteiger partial charge is 0.269 e. The monoisotopic (exact) mass is 1270 g/mol. The van der Waals surface area contributed by atoms with Gasteiger partial charge in [-0.15, -0.1) is 0 Å². The van der Waals surface area contributed by atoms with E-state index in [1.165, 1.54) is 178 Å². The first-order valence-corrected chi connectivity index (χ1v) is 35.5. The first-order valence-electron chi connectivity index (χ1n) is 35.5. The molecule has 4 N–H and O–H groups in total. The molecule has 2 aliphatic rings. The number of unbranched alkanes of at least 4 members (excludes halogenated alkanes) is 28. The van der Waals surface area contributed by atoms with Gasteiger partial charge >= 0.3 is 0 Å². The highest BCUT2D eigenvalue weighted by Crippen LogP contribution is 2.40. The number of anilines is 2. The van der Waals surface area contributed by atoms with E-state index in [-0.39, 0.29) is 23.2 Å². The number of non-ortho nitro benzene ring substituents is 2. The van der Waals surface area contributed by atoms with Crippen molar-refractivity contribution in [3.63, 3.8) is 0 Å². The Hall–Kier alpha value is -8.78. The molecule has 94 heavy (non-hydrogen) atoms. The minimum absolute atomic E-state index is 0.00595. The quantitative estimate of drug-likeness (QED) is 0.0165. The number of nitrogens with zero attached hydrogens (tertiary/aromatic N) is 4. The third kappa shape index (κ3) is 20.6. The van der Waals surface area contributed by atoms with Crippen molar-refractivity contribution in [2.24, 2.45) is 0 Å². The van der Waals surface area contributed by atoms with Gasteiger partial charge in [-0.05, 0) is 132 Å². The van der Waals surface area contributed by atoms with Crippen LogP contribution in [0.5, 0.6) is 0 Å². The Bertz CT molecular complexity index is 3580. The van der Waals surface area contributed by atoms with Crippen LogP contribution in [0.2, 0.25) is 0 Å². The van der Waals surface area contributed by atoms with E-state index in [9.17, 15) is 29.8 Å². The van der Waals surface area contributed by atoms with E-state index in [1.807, 2.05) is 97.1 Å². The highest BCUT2D eigenvalue weighted by Gasteiger charge is 2.21. The van der Waals surface area contributed by atoms with Crippen LogP contribution in [0.1, 0.15) is 242 Å². The summed E-state index contributed by atoms with van der Waals surface area (Å²) in [6, 6.07) is 36.5. The number of aromatic amines is 2. The average molecular weight is 1270 g/mol. The number of fused-ring (bicyclic) bond motifs is 8. The summed E-state index contributed by atoms with van der Waals surface area (Å²) in [6.07, 6.45) is 46.8. The Labute approximate surface area is 556 Å². The average Bonchev–Trinajstić information content (AvgIpc) is 1.61. The number of amides is 2. The van der Waals surface area contributed by atoms with E-state index in [0.717, 1.165) is 71.8 Å². The Kier molecular flexibility index (Phi) is 27.5. The molecule has 8 bridgehead atoms. The van der Waals surface area contributed by atoms with Crippen LogP contribution in [0.25, 0.3) is 90.9 Å². The van der Waals surface area contributed by atoms with Crippen molar-refractivity contribution in [2.75, 3.05) is 10.6 Å². The molecule has 4 aromatic carbocycles. The fourth-order valence-corrected chi connectivity index (χ4v) is 13.1. The molecule has 0 spiro atoms. The molecule has 14 nitrogen and oxygen atoms in total. The topological polar surface area (TPSA) is 202 Å². The number of hydrogen-bond acceptors (Lipinski definition) is 8. The molecule has 0 saturated carbocycles. The van der Waals surface area contributed by atoms with E-state index < -0.39 is 9.85 Å². The van der Waals surface area contributed by atoms with Gasteiger partial charge in [0.15, 0.2) is 0 Å². The summed E-state index contributed by atoms with van der Waals surface area (Å²) in [5, 5.41) is 30.1. The van der Waals surface area contributed by atoms with E-state index in [4.69, 9.17) is 9.97 Å². The lowest BCUT2D eigenvalue weighted by Crippen LogP contribution is -2.10. The largest absolute Gasteiger partial charge is 0.354 e. The fourth-order valence-electron chi connectivity index (χ4n) is 13.1. The van der Waals surface area contributed by atoms with Crippen LogP contribution in [0, 0.1) is 20.2 Å². The number of nitro groups is 2. The normalized spacial score (nSPS) is 11.8. The number of carbonyl (C=O) groups is 2. The maximum absolute atomic E-state index is 13.3. The van der Waals surface area contributed by atoms with Crippen LogP contribution in [-0.2, 0) is 9.59 Å². The Balaban J connectivity index is 0.978. The van der Waals surface area contributed by atoms with E-state index >= 15 is 0 Å². The van der Waals surface area contributed by atoms with Crippen LogP contribution in [-0.4, -0.2) is 41.6 Å². The summed E-state index contributed by atoms with van der Waals surface area (Å²) in [5.74, 6) is -0.0119. The maximum atomic E-state index is 13.3. The zero-order valence-corrected chi connectivity index (χ0v) is 55.7. The van der Waals surface area contributed by atoms with Crippen molar-refractivity contribution in [1.29, 1.82) is 0 Å². The first-order chi connectivity index (χ1) is 46.1. The molecule has 2 aliphatic heterocycles. The molecule has 9 rings (SSSR count). The Morgan fingerprint density at radius 2 is 0.553 bits per heavy atom. The van der Waals surface area contributed by atoms with Gasteiger partial charge in [-0.25, -0.2) is 9.97 Å². The second-order valence-electron chi connectivity index (χ2n) is 25.8. The Morgan fingerprint density at radius 1 is 0.330 bits per heavy atom. The number of nitrogens with one attached hydrogen (secondary N) is 4. The van der Waals surface area contributed by atoms with E-state index in [1.54, 1.807) is 24.3 Å². The lowest BCUT2D eigenvalue weighted by atomic mass is 10.0. The van der Waals surface area contributed by atoms with Gasteiger partial charge in [-0.1, -0.05) is 218 Å². The van der Waals surface area contributed by atoms with Crippen molar-refractivity contribution < 1.29 is 19.4 Å². The summed E-state index contributed by atoms with van der Waals surface area (Å²) in [5.41, 5.74) is 12.8. The van der Waals surface area contributed by atoms with Gasteiger partial charge in [0, 0.05) is 92.8 Å². The minimum Gasteiger partial charge on any atom is -0.354 e. The van der Waals surface area contributed by atoms with Crippen LogP contribution in [0.4, 0.5) is 22.7 Å². The number of hydrogen-bond donors (Lipinski definition) is 4. The molecule has 0 unspecified atom stereocenters. The highest BCUT2D eigenvalue weighted by molar-refractivity contribution is 6.01. The molecular weight excluding hydrogens is 1170 g/mol. The van der Waals surface area contributed by atoms with Crippen molar-refractivity contribution in [3.8, 4) is 44.5 Å². The van der Waals surface area contributed by atoms with Crippen LogP contribution < -0.4 is 10.6 Å². The summed E-state index contributed by atoms with van der Waals surface area (Å²) in [6.45, 7) is 4.54. The van der Waals surface area contributed by atoms with Gasteiger partial charge in [0.1, 0.15) is 0 Å². The third-order valence-corrected chi connectivity index (χ3v) is 18.4. The molecular formula is C80H98N8O6. The van der Waals surface area contributed by atoms with Gasteiger partial charge in [0.2, 0.25) is 11.8 Å². The Morgan fingerprint density at radius 3 is 0.787 bits per heavy atom. The summed E-state index contributed by atoms with van der Waals surface area (Å²) >= 11 is 0. The zero-order chi connectivity index (χ0) is 65.7. The molecule has 2 amide bonds. The minimum atomic E-state index is -0.420. The number of aromatic nitrogens is 4. The van der Waals surface area contributed by atoms with Gasteiger partial charge in [-0.3, -0.25) is 29.8 Å². The zero-order valence-electron chi connectivity index (χ0n) is 55.7. The molecule has 0 fully saturated rings.